The van der Waals surface area contributed by atoms with Crippen molar-refractivity contribution in [2.45, 2.75) is 57.8 Å². The zero-order chi connectivity index (χ0) is 35.1. The van der Waals surface area contributed by atoms with Gasteiger partial charge < -0.3 is 8.98 Å². The molecule has 0 atom stereocenters. The molecule has 51 heavy (non-hydrogen) atoms. The molecule has 0 bridgehead atoms. The summed E-state index contributed by atoms with van der Waals surface area (Å²) in [6, 6.07) is 44.9. The predicted octanol–water partition coefficient (Wildman–Crippen LogP) is 11.8. The first-order chi connectivity index (χ1) is 24.5. The van der Waals surface area contributed by atoms with Gasteiger partial charge in [-0.05, 0) is 92.2 Å². The Morgan fingerprint density at radius 1 is 0.569 bits per heavy atom. The molecule has 8 aromatic rings. The quantitative estimate of drug-likeness (QED) is 0.188. The molecule has 4 nitrogen and oxygen atoms in total. The van der Waals surface area contributed by atoms with Crippen LogP contribution in [0.25, 0.3) is 50.1 Å². The number of rotatable bonds is 4. The SMILES string of the molecule is CC(C)(C)c1ccc2c(c1)-c1cc(C(C)(C)C)ccc1C2(c1ccc2c3ccccc3n(-c3cccc(-c4ncco4)c3)c2c1)c1ccccn1. The molecule has 0 amide bonds. The third-order valence-electron chi connectivity index (χ3n) is 10.8. The first-order valence-corrected chi connectivity index (χ1v) is 17.8. The van der Waals surface area contributed by atoms with Gasteiger partial charge in [-0.1, -0.05) is 120 Å². The van der Waals surface area contributed by atoms with Crippen LogP contribution in [0.3, 0.4) is 0 Å². The second-order valence-corrected chi connectivity index (χ2v) is 16.0. The summed E-state index contributed by atoms with van der Waals surface area (Å²) < 4.78 is 8.10. The summed E-state index contributed by atoms with van der Waals surface area (Å²) in [5.74, 6) is 0.607. The highest BCUT2D eigenvalue weighted by Crippen LogP contribution is 2.57. The normalized spacial score (nSPS) is 13.8. The van der Waals surface area contributed by atoms with Crippen LogP contribution >= 0.6 is 0 Å². The van der Waals surface area contributed by atoms with Crippen molar-refractivity contribution in [1.82, 2.24) is 14.5 Å². The van der Waals surface area contributed by atoms with Crippen LogP contribution in [0.15, 0.2) is 144 Å². The van der Waals surface area contributed by atoms with E-state index in [0.717, 1.165) is 28.0 Å². The van der Waals surface area contributed by atoms with Crippen LogP contribution in [0.4, 0.5) is 0 Å². The largest absolute Gasteiger partial charge is 0.445 e. The van der Waals surface area contributed by atoms with Crippen LogP contribution in [-0.4, -0.2) is 14.5 Å². The number of oxazole rings is 1. The fourth-order valence-electron chi connectivity index (χ4n) is 8.21. The van der Waals surface area contributed by atoms with Gasteiger partial charge in [0.15, 0.2) is 0 Å². The number of nitrogens with zero attached hydrogens (tertiary/aromatic N) is 3. The molecule has 250 valence electrons. The van der Waals surface area contributed by atoms with Gasteiger partial charge in [-0.15, -0.1) is 0 Å². The third-order valence-corrected chi connectivity index (χ3v) is 10.8. The Morgan fingerprint density at radius 3 is 1.90 bits per heavy atom. The molecular formula is C47H41N3O. The van der Waals surface area contributed by atoms with E-state index in [0.29, 0.717) is 5.89 Å². The Kier molecular flexibility index (Phi) is 6.82. The van der Waals surface area contributed by atoms with E-state index in [2.05, 4.69) is 166 Å². The molecule has 0 N–H and O–H groups in total. The zero-order valence-corrected chi connectivity index (χ0v) is 30.0. The highest BCUT2D eigenvalue weighted by atomic mass is 16.3. The van der Waals surface area contributed by atoms with Crippen molar-refractivity contribution in [3.05, 3.63) is 173 Å². The molecule has 0 unspecified atom stereocenters. The number of fused-ring (bicyclic) bond motifs is 6. The maximum atomic E-state index is 5.71. The Bertz CT molecular complexity index is 2530. The molecule has 1 aliphatic rings. The Balaban J connectivity index is 1.39. The third kappa shape index (κ3) is 4.73. The number of aromatic nitrogens is 3. The summed E-state index contributed by atoms with van der Waals surface area (Å²) in [6.45, 7) is 13.8. The molecule has 0 saturated heterocycles. The van der Waals surface area contributed by atoms with Crippen molar-refractivity contribution in [2.24, 2.45) is 0 Å². The lowest BCUT2D eigenvalue weighted by molar-refractivity contribution is 0.574. The van der Waals surface area contributed by atoms with E-state index in [-0.39, 0.29) is 10.8 Å². The second-order valence-electron chi connectivity index (χ2n) is 16.0. The average Bonchev–Trinajstić information content (AvgIpc) is 3.85. The summed E-state index contributed by atoms with van der Waals surface area (Å²) in [4.78, 5) is 9.61. The Labute approximate surface area is 299 Å². The van der Waals surface area contributed by atoms with E-state index >= 15 is 0 Å². The van der Waals surface area contributed by atoms with E-state index in [4.69, 9.17) is 9.40 Å². The lowest BCUT2D eigenvalue weighted by Gasteiger charge is -2.33. The van der Waals surface area contributed by atoms with E-state index in [1.54, 1.807) is 12.5 Å². The van der Waals surface area contributed by atoms with Crippen molar-refractivity contribution < 1.29 is 4.42 Å². The van der Waals surface area contributed by atoms with Gasteiger partial charge in [0.2, 0.25) is 5.89 Å². The lowest BCUT2D eigenvalue weighted by atomic mass is 9.69. The molecule has 1 aliphatic carbocycles. The zero-order valence-electron chi connectivity index (χ0n) is 30.0. The summed E-state index contributed by atoms with van der Waals surface area (Å²) in [5, 5.41) is 2.42. The van der Waals surface area contributed by atoms with Crippen LogP contribution < -0.4 is 0 Å². The van der Waals surface area contributed by atoms with E-state index in [1.165, 1.54) is 49.7 Å². The van der Waals surface area contributed by atoms with Crippen LogP contribution in [0, 0.1) is 0 Å². The molecule has 0 saturated carbocycles. The number of benzene rings is 5. The summed E-state index contributed by atoms with van der Waals surface area (Å²) in [5.41, 5.74) is 13.6. The second kappa shape index (κ2) is 11.1. The van der Waals surface area contributed by atoms with E-state index < -0.39 is 5.41 Å². The van der Waals surface area contributed by atoms with Gasteiger partial charge in [-0.25, -0.2) is 4.98 Å². The van der Waals surface area contributed by atoms with Crippen molar-refractivity contribution in [1.29, 1.82) is 0 Å². The van der Waals surface area contributed by atoms with Crippen molar-refractivity contribution >= 4 is 21.8 Å². The molecule has 0 fully saturated rings. The molecule has 0 radical (unpaired) electrons. The minimum atomic E-state index is -0.631. The Morgan fingerprint density at radius 2 is 1.25 bits per heavy atom. The molecule has 3 aromatic heterocycles. The maximum Gasteiger partial charge on any atom is 0.225 e. The molecule has 5 aromatic carbocycles. The number of hydrogen-bond donors (Lipinski definition) is 0. The van der Waals surface area contributed by atoms with Gasteiger partial charge in [-0.3, -0.25) is 4.98 Å². The van der Waals surface area contributed by atoms with Gasteiger partial charge in [0.25, 0.3) is 0 Å². The van der Waals surface area contributed by atoms with Crippen LogP contribution in [0.2, 0.25) is 0 Å². The van der Waals surface area contributed by atoms with Gasteiger partial charge in [0.1, 0.15) is 6.26 Å². The van der Waals surface area contributed by atoms with Crippen LogP contribution in [0.1, 0.15) is 75.1 Å². The van der Waals surface area contributed by atoms with Gasteiger partial charge in [-0.2, -0.15) is 0 Å². The fourth-order valence-corrected chi connectivity index (χ4v) is 8.21. The van der Waals surface area contributed by atoms with Crippen molar-refractivity contribution in [2.75, 3.05) is 0 Å². The monoisotopic (exact) mass is 663 g/mol. The summed E-state index contributed by atoms with van der Waals surface area (Å²) >= 11 is 0. The first kappa shape index (κ1) is 31.3. The van der Waals surface area contributed by atoms with E-state index in [1.807, 2.05) is 12.3 Å². The highest BCUT2D eigenvalue weighted by molar-refractivity contribution is 6.09. The van der Waals surface area contributed by atoms with Gasteiger partial charge >= 0.3 is 0 Å². The summed E-state index contributed by atoms with van der Waals surface area (Å²) in [6.07, 6.45) is 5.25. The maximum absolute atomic E-state index is 5.71. The molecule has 3 heterocycles. The molecule has 4 heteroatoms. The van der Waals surface area contributed by atoms with Crippen molar-refractivity contribution in [3.8, 4) is 28.3 Å². The highest BCUT2D eigenvalue weighted by Gasteiger charge is 2.48. The first-order valence-electron chi connectivity index (χ1n) is 17.8. The molecular weight excluding hydrogens is 623 g/mol. The number of pyridine rings is 1. The smallest absolute Gasteiger partial charge is 0.225 e. The predicted molar refractivity (Wildman–Crippen MR) is 209 cm³/mol. The van der Waals surface area contributed by atoms with Gasteiger partial charge in [0, 0.05) is 28.2 Å². The number of hydrogen-bond acceptors (Lipinski definition) is 3. The molecule has 0 aliphatic heterocycles. The van der Waals surface area contributed by atoms with Crippen LogP contribution in [0.5, 0.6) is 0 Å². The average molecular weight is 664 g/mol. The standard InChI is InChI=1S/C47H41N3O/c1-45(2,3)31-18-21-39-37(27-31)38-28-32(46(4,5)6)19-22-40(38)47(39,43-16-9-10-23-48-43)33-17-20-36-35-14-7-8-15-41(35)50(42(36)29-33)34-13-11-12-30(26-34)44-49-24-25-51-44/h7-29H,1-6H3. The summed E-state index contributed by atoms with van der Waals surface area (Å²) in [7, 11) is 0. The number of para-hydroxylation sites is 1. The minimum Gasteiger partial charge on any atom is -0.445 e. The van der Waals surface area contributed by atoms with Gasteiger partial charge in [0.05, 0.1) is 28.3 Å². The van der Waals surface area contributed by atoms with Crippen LogP contribution in [-0.2, 0) is 16.2 Å². The molecule has 9 rings (SSSR count). The molecule has 0 spiro atoms. The minimum absolute atomic E-state index is 0.00658. The lowest BCUT2D eigenvalue weighted by Crippen LogP contribution is -2.30. The topological polar surface area (TPSA) is 43.9 Å². The van der Waals surface area contributed by atoms with Crippen molar-refractivity contribution in [3.63, 3.8) is 0 Å². The Hall–Kier alpha value is -5.74. The fraction of sp³-hybridized carbons (Fsp3) is 0.191. The van der Waals surface area contributed by atoms with E-state index in [9.17, 15) is 0 Å².